The molecule has 1 aliphatic heterocycles. The second-order valence-electron chi connectivity index (χ2n) is 7.07. The molecule has 142 valence electrons. The van der Waals surface area contributed by atoms with Crippen LogP contribution in [0.25, 0.3) is 0 Å². The lowest BCUT2D eigenvalue weighted by molar-refractivity contribution is -0.122. The largest absolute Gasteiger partial charge is 0.478 e. The zero-order valence-corrected chi connectivity index (χ0v) is 15.4. The van der Waals surface area contributed by atoms with Crippen molar-refractivity contribution in [3.05, 3.63) is 71.3 Å². The van der Waals surface area contributed by atoms with E-state index in [0.717, 1.165) is 24.8 Å². The number of carbonyl (C=O) groups is 2. The molecule has 0 aliphatic carbocycles. The smallest absolute Gasteiger partial charge is 0.335 e. The van der Waals surface area contributed by atoms with E-state index in [0.29, 0.717) is 6.42 Å². The van der Waals surface area contributed by atoms with Crippen molar-refractivity contribution in [1.82, 2.24) is 5.32 Å². The predicted octanol–water partition coefficient (Wildman–Crippen LogP) is 3.74. The van der Waals surface area contributed by atoms with E-state index in [1.54, 1.807) is 24.3 Å². The number of hydrogen-bond acceptors (Lipinski definition) is 3. The molecule has 1 heterocycles. The molecule has 3 atom stereocenters. The molecule has 1 amide bonds. The molecule has 0 saturated carbocycles. The van der Waals surface area contributed by atoms with Crippen molar-refractivity contribution in [2.45, 2.75) is 50.9 Å². The van der Waals surface area contributed by atoms with Gasteiger partial charge in [-0.25, -0.2) is 4.79 Å². The first-order valence-corrected chi connectivity index (χ1v) is 9.31. The van der Waals surface area contributed by atoms with Crippen molar-refractivity contribution in [2.75, 3.05) is 0 Å². The van der Waals surface area contributed by atoms with Crippen molar-refractivity contribution < 1.29 is 19.4 Å². The Balaban J connectivity index is 1.70. The topological polar surface area (TPSA) is 75.6 Å². The van der Waals surface area contributed by atoms with Crippen LogP contribution in [-0.2, 0) is 16.0 Å². The molecule has 0 spiro atoms. The highest BCUT2D eigenvalue weighted by Gasteiger charge is 2.30. The normalized spacial score (nSPS) is 22.2. The van der Waals surface area contributed by atoms with Crippen LogP contribution in [0.2, 0.25) is 0 Å². The minimum atomic E-state index is -0.942. The van der Waals surface area contributed by atoms with E-state index >= 15 is 0 Å². The van der Waals surface area contributed by atoms with Crippen molar-refractivity contribution in [3.8, 4) is 0 Å². The summed E-state index contributed by atoms with van der Waals surface area (Å²) in [6.07, 6.45) is 3.16. The number of aryl methyl sites for hydroxylation is 1. The molecule has 1 saturated heterocycles. The summed E-state index contributed by atoms with van der Waals surface area (Å²) in [7, 11) is 0. The first-order valence-electron chi connectivity index (χ1n) is 9.31. The number of rotatable bonds is 6. The van der Waals surface area contributed by atoms with E-state index in [4.69, 9.17) is 9.84 Å². The number of carboxylic acids is 1. The maximum absolute atomic E-state index is 11.5. The Bertz CT molecular complexity index is 773. The molecule has 1 fully saturated rings. The molecule has 5 heteroatoms. The lowest BCUT2D eigenvalue weighted by Gasteiger charge is -2.36. The standard InChI is InChI=1S/C22H25NO4/c1-15(24)23-19-13-20(12-7-16-5-3-2-4-6-16)27-21(14-19)17-8-10-18(11-9-17)22(25)26/h2-6,8-11,19-21H,7,12-14H2,1H3,(H,23,24)(H,25,26)/t19-,20+,21+/m0/s1. The molecule has 2 N–H and O–H groups in total. The van der Waals surface area contributed by atoms with Gasteiger partial charge in [0.15, 0.2) is 0 Å². The SMILES string of the molecule is CC(=O)N[C@H]1C[C@@H](CCc2ccccc2)O[C@@H](c2ccc(C(=O)O)cc2)C1. The van der Waals surface area contributed by atoms with Crippen molar-refractivity contribution >= 4 is 11.9 Å². The molecule has 3 rings (SSSR count). The molecule has 5 nitrogen and oxygen atoms in total. The number of nitrogens with one attached hydrogen (secondary N) is 1. The number of hydrogen-bond donors (Lipinski definition) is 2. The maximum atomic E-state index is 11.5. The van der Waals surface area contributed by atoms with Gasteiger partial charge in [-0.3, -0.25) is 4.79 Å². The number of ether oxygens (including phenoxy) is 1. The second kappa shape index (κ2) is 8.82. The van der Waals surface area contributed by atoms with Gasteiger partial charge in [-0.15, -0.1) is 0 Å². The minimum absolute atomic E-state index is 0.0383. The first kappa shape index (κ1) is 19.1. The summed E-state index contributed by atoms with van der Waals surface area (Å²) in [5.41, 5.74) is 2.47. The summed E-state index contributed by atoms with van der Waals surface area (Å²) in [5, 5.41) is 12.1. The van der Waals surface area contributed by atoms with Crippen LogP contribution >= 0.6 is 0 Å². The van der Waals surface area contributed by atoms with E-state index in [2.05, 4.69) is 17.4 Å². The van der Waals surface area contributed by atoms with Crippen molar-refractivity contribution in [2.24, 2.45) is 0 Å². The van der Waals surface area contributed by atoms with Gasteiger partial charge in [0.1, 0.15) is 0 Å². The van der Waals surface area contributed by atoms with Crippen molar-refractivity contribution in [3.63, 3.8) is 0 Å². The van der Waals surface area contributed by atoms with Gasteiger partial charge < -0.3 is 15.2 Å². The quantitative estimate of drug-likeness (QED) is 0.815. The molecule has 0 bridgehead atoms. The third kappa shape index (κ3) is 5.41. The highest BCUT2D eigenvalue weighted by molar-refractivity contribution is 5.87. The summed E-state index contributed by atoms with van der Waals surface area (Å²) < 4.78 is 6.31. The summed E-state index contributed by atoms with van der Waals surface area (Å²) in [6.45, 7) is 1.53. The molecule has 2 aromatic carbocycles. The van der Waals surface area contributed by atoms with E-state index in [1.165, 1.54) is 12.5 Å². The zero-order valence-electron chi connectivity index (χ0n) is 15.4. The number of amides is 1. The third-order valence-corrected chi connectivity index (χ3v) is 4.94. The highest BCUT2D eigenvalue weighted by atomic mass is 16.5. The summed E-state index contributed by atoms with van der Waals surface area (Å²) in [5.74, 6) is -0.980. The number of carboxylic acid groups (broad SMARTS) is 1. The highest BCUT2D eigenvalue weighted by Crippen LogP contribution is 2.33. The van der Waals surface area contributed by atoms with Gasteiger partial charge in [-0.2, -0.15) is 0 Å². The fraction of sp³-hybridized carbons (Fsp3) is 0.364. The van der Waals surface area contributed by atoms with Crippen LogP contribution in [0.15, 0.2) is 54.6 Å². The molecule has 0 radical (unpaired) electrons. The molecule has 27 heavy (non-hydrogen) atoms. The van der Waals surface area contributed by atoms with Crippen molar-refractivity contribution in [1.29, 1.82) is 0 Å². The molecule has 0 aromatic heterocycles. The molecule has 2 aromatic rings. The Labute approximate surface area is 159 Å². The predicted molar refractivity (Wildman–Crippen MR) is 103 cm³/mol. The average Bonchev–Trinajstić information content (AvgIpc) is 2.66. The molecular weight excluding hydrogens is 342 g/mol. The van der Waals surface area contributed by atoms with Crippen LogP contribution in [0, 0.1) is 0 Å². The van der Waals surface area contributed by atoms with Gasteiger partial charge >= 0.3 is 5.97 Å². The Kier molecular flexibility index (Phi) is 6.24. The van der Waals surface area contributed by atoms with Crippen LogP contribution in [0.4, 0.5) is 0 Å². The van der Waals surface area contributed by atoms with E-state index in [1.807, 2.05) is 18.2 Å². The first-order chi connectivity index (χ1) is 13.0. The number of carbonyl (C=O) groups excluding carboxylic acids is 1. The van der Waals surface area contributed by atoms with E-state index in [-0.39, 0.29) is 29.7 Å². The Morgan fingerprint density at radius 2 is 1.78 bits per heavy atom. The average molecular weight is 367 g/mol. The lowest BCUT2D eigenvalue weighted by Crippen LogP contribution is -2.42. The Morgan fingerprint density at radius 3 is 2.41 bits per heavy atom. The summed E-state index contributed by atoms with van der Waals surface area (Å²) in [6, 6.07) is 17.1. The Hall–Kier alpha value is -2.66. The lowest BCUT2D eigenvalue weighted by atomic mass is 9.91. The molecule has 0 unspecified atom stereocenters. The fourth-order valence-electron chi connectivity index (χ4n) is 3.63. The molecular formula is C22H25NO4. The van der Waals surface area contributed by atoms with E-state index < -0.39 is 5.97 Å². The van der Waals surface area contributed by atoms with Gasteiger partial charge in [-0.05, 0) is 48.9 Å². The van der Waals surface area contributed by atoms with Crippen LogP contribution in [-0.4, -0.2) is 29.1 Å². The van der Waals surface area contributed by atoms with Gasteiger partial charge in [-0.1, -0.05) is 42.5 Å². The molecule has 1 aliphatic rings. The zero-order chi connectivity index (χ0) is 19.2. The minimum Gasteiger partial charge on any atom is -0.478 e. The van der Waals surface area contributed by atoms with E-state index in [9.17, 15) is 9.59 Å². The van der Waals surface area contributed by atoms with Gasteiger partial charge in [0, 0.05) is 13.0 Å². The van der Waals surface area contributed by atoms with Gasteiger partial charge in [0.05, 0.1) is 17.8 Å². The number of benzene rings is 2. The fourth-order valence-corrected chi connectivity index (χ4v) is 3.63. The Morgan fingerprint density at radius 1 is 1.07 bits per heavy atom. The monoisotopic (exact) mass is 367 g/mol. The second-order valence-corrected chi connectivity index (χ2v) is 7.07. The van der Waals surface area contributed by atoms with Crippen LogP contribution in [0.5, 0.6) is 0 Å². The van der Waals surface area contributed by atoms with Crippen LogP contribution < -0.4 is 5.32 Å². The van der Waals surface area contributed by atoms with Crippen LogP contribution in [0.3, 0.4) is 0 Å². The van der Waals surface area contributed by atoms with Gasteiger partial charge in [0.2, 0.25) is 5.91 Å². The summed E-state index contributed by atoms with van der Waals surface area (Å²) in [4.78, 5) is 22.6. The van der Waals surface area contributed by atoms with Gasteiger partial charge in [0.25, 0.3) is 0 Å². The summed E-state index contributed by atoms with van der Waals surface area (Å²) >= 11 is 0. The maximum Gasteiger partial charge on any atom is 0.335 e. The third-order valence-electron chi connectivity index (χ3n) is 4.94. The van der Waals surface area contributed by atoms with Crippen LogP contribution in [0.1, 0.15) is 53.8 Å². The number of aromatic carboxylic acids is 1.